The van der Waals surface area contributed by atoms with E-state index in [0.29, 0.717) is 16.2 Å². The predicted molar refractivity (Wildman–Crippen MR) is 112 cm³/mol. The molecule has 1 aromatic heterocycles. The highest BCUT2D eigenvalue weighted by Crippen LogP contribution is 2.46. The molecule has 2 aromatic rings. The average Bonchev–Trinajstić information content (AvgIpc) is 2.99. The zero-order valence-corrected chi connectivity index (χ0v) is 19.4. The Morgan fingerprint density at radius 2 is 1.67 bits per heavy atom. The van der Waals surface area contributed by atoms with E-state index in [1.807, 2.05) is 0 Å². The first-order valence-electron chi connectivity index (χ1n) is 8.99. The highest BCUT2D eigenvalue weighted by Gasteiger charge is 2.73. The third-order valence-corrected chi connectivity index (χ3v) is 6.19. The van der Waals surface area contributed by atoms with Crippen molar-refractivity contribution in [2.75, 3.05) is 12.4 Å². The van der Waals surface area contributed by atoms with Gasteiger partial charge in [-0.15, -0.1) is 11.3 Å². The molecular formula is C19H16Cl2F6N2O3S. The van der Waals surface area contributed by atoms with E-state index in [-0.39, 0.29) is 17.0 Å². The summed E-state index contributed by atoms with van der Waals surface area (Å²) >= 11 is 11.9. The molecule has 0 saturated carbocycles. The number of carbonyl (C=O) groups excluding carboxylic acids is 2. The summed E-state index contributed by atoms with van der Waals surface area (Å²) in [7, 11) is 0.934. The van der Waals surface area contributed by atoms with Crippen molar-refractivity contribution < 1.29 is 40.7 Å². The quantitative estimate of drug-likeness (QED) is 0.255. The number of nitrogens with one attached hydrogen (secondary N) is 2. The molecule has 0 spiro atoms. The summed E-state index contributed by atoms with van der Waals surface area (Å²) in [6, 6.07) is 2.94. The number of alkyl halides is 6. The summed E-state index contributed by atoms with van der Waals surface area (Å²) in [5.41, 5.74) is -5.92. The SMILES string of the molecule is CCc1c(C)sc(NC(NC(=O)c2ccc(Cl)cc2Cl)(C(F)(F)F)C(F)(F)F)c1C(=O)OC. The topological polar surface area (TPSA) is 67.4 Å². The molecule has 182 valence electrons. The Morgan fingerprint density at radius 1 is 1.09 bits per heavy atom. The first-order chi connectivity index (χ1) is 15.1. The normalized spacial score (nSPS) is 12.5. The Balaban J connectivity index is 2.71. The van der Waals surface area contributed by atoms with Gasteiger partial charge in [-0.1, -0.05) is 30.1 Å². The van der Waals surface area contributed by atoms with Gasteiger partial charge in [-0.05, 0) is 37.1 Å². The molecule has 5 nitrogen and oxygen atoms in total. The van der Waals surface area contributed by atoms with Crippen molar-refractivity contribution in [2.45, 2.75) is 38.3 Å². The van der Waals surface area contributed by atoms with Crippen LogP contribution in [-0.4, -0.2) is 37.0 Å². The first kappa shape index (κ1) is 27.1. The van der Waals surface area contributed by atoms with Crippen molar-refractivity contribution in [2.24, 2.45) is 0 Å². The number of hydrogen-bond acceptors (Lipinski definition) is 5. The average molecular weight is 537 g/mol. The molecule has 0 aliphatic carbocycles. The third-order valence-electron chi connectivity index (χ3n) is 4.58. The Bertz CT molecular complexity index is 1060. The number of amides is 1. The van der Waals surface area contributed by atoms with Gasteiger partial charge in [0, 0.05) is 9.90 Å². The Hall–Kier alpha value is -2.18. The minimum absolute atomic E-state index is 0.0106. The molecule has 1 amide bonds. The third kappa shape index (κ3) is 5.17. The zero-order valence-electron chi connectivity index (χ0n) is 17.1. The molecule has 0 atom stereocenters. The fourth-order valence-electron chi connectivity index (χ4n) is 2.97. The lowest BCUT2D eigenvalue weighted by Crippen LogP contribution is -2.72. The van der Waals surface area contributed by atoms with Gasteiger partial charge in [-0.3, -0.25) is 4.79 Å². The number of anilines is 1. The van der Waals surface area contributed by atoms with Crippen molar-refractivity contribution >= 4 is 51.4 Å². The van der Waals surface area contributed by atoms with Crippen molar-refractivity contribution in [3.8, 4) is 0 Å². The van der Waals surface area contributed by atoms with Crippen molar-refractivity contribution in [3.63, 3.8) is 0 Å². The molecule has 1 aromatic carbocycles. The number of aryl methyl sites for hydroxylation is 1. The summed E-state index contributed by atoms with van der Waals surface area (Å²) in [6.45, 7) is 2.99. The summed E-state index contributed by atoms with van der Waals surface area (Å²) < 4.78 is 88.8. The Morgan fingerprint density at radius 3 is 2.12 bits per heavy atom. The molecule has 0 saturated heterocycles. The summed E-state index contributed by atoms with van der Waals surface area (Å²) in [5.74, 6) is -2.91. The molecule has 2 rings (SSSR count). The minimum atomic E-state index is -6.10. The van der Waals surface area contributed by atoms with Gasteiger partial charge >= 0.3 is 24.0 Å². The summed E-state index contributed by atoms with van der Waals surface area (Å²) in [4.78, 5) is 25.0. The summed E-state index contributed by atoms with van der Waals surface area (Å²) in [5, 5.41) is 1.12. The van der Waals surface area contributed by atoms with E-state index in [2.05, 4.69) is 4.74 Å². The first-order valence-corrected chi connectivity index (χ1v) is 10.6. The number of esters is 1. The van der Waals surface area contributed by atoms with Crippen molar-refractivity contribution in [3.05, 3.63) is 49.8 Å². The molecule has 33 heavy (non-hydrogen) atoms. The second kappa shape index (κ2) is 9.59. The number of carbonyl (C=O) groups is 2. The molecule has 2 N–H and O–H groups in total. The number of benzene rings is 1. The van der Waals surface area contributed by atoms with Crippen LogP contribution >= 0.6 is 34.5 Å². The largest absolute Gasteiger partial charge is 0.465 e. The Kier molecular flexibility index (Phi) is 7.87. The van der Waals surface area contributed by atoms with E-state index in [1.54, 1.807) is 6.92 Å². The van der Waals surface area contributed by atoms with Crippen molar-refractivity contribution in [1.29, 1.82) is 0 Å². The van der Waals surface area contributed by atoms with E-state index in [9.17, 15) is 35.9 Å². The molecule has 1 heterocycles. The fourth-order valence-corrected chi connectivity index (χ4v) is 4.65. The van der Waals surface area contributed by atoms with Crippen LogP contribution in [0.3, 0.4) is 0 Å². The lowest BCUT2D eigenvalue weighted by molar-refractivity contribution is -0.293. The monoisotopic (exact) mass is 536 g/mol. The highest BCUT2D eigenvalue weighted by atomic mass is 35.5. The molecule has 0 unspecified atom stereocenters. The number of hydrogen-bond donors (Lipinski definition) is 2. The maximum absolute atomic E-state index is 14.0. The van der Waals surface area contributed by atoms with Crippen LogP contribution in [0.15, 0.2) is 18.2 Å². The number of methoxy groups -OCH3 is 1. The number of rotatable bonds is 6. The van der Waals surface area contributed by atoms with E-state index in [0.717, 1.165) is 30.6 Å². The minimum Gasteiger partial charge on any atom is -0.465 e. The van der Waals surface area contributed by atoms with Gasteiger partial charge in [0.25, 0.3) is 5.91 Å². The number of halogens is 8. The van der Waals surface area contributed by atoms with Crippen LogP contribution in [-0.2, 0) is 11.2 Å². The van der Waals surface area contributed by atoms with Gasteiger partial charge in [-0.25, -0.2) is 4.79 Å². The molecular weight excluding hydrogens is 521 g/mol. The fraction of sp³-hybridized carbons (Fsp3) is 0.368. The molecule has 14 heteroatoms. The highest BCUT2D eigenvalue weighted by molar-refractivity contribution is 7.16. The second-order valence-corrected chi connectivity index (χ2v) is 8.70. The molecule has 0 fully saturated rings. The van der Waals surface area contributed by atoms with Crippen LogP contribution in [0.2, 0.25) is 10.0 Å². The van der Waals surface area contributed by atoms with E-state index in [4.69, 9.17) is 23.2 Å². The van der Waals surface area contributed by atoms with Crippen LogP contribution in [0.5, 0.6) is 0 Å². The van der Waals surface area contributed by atoms with Crippen LogP contribution in [0, 0.1) is 6.92 Å². The van der Waals surface area contributed by atoms with Crippen LogP contribution in [0.1, 0.15) is 38.1 Å². The van der Waals surface area contributed by atoms with Gasteiger partial charge in [0.2, 0.25) is 0 Å². The van der Waals surface area contributed by atoms with Crippen LogP contribution in [0.25, 0.3) is 0 Å². The second-order valence-electron chi connectivity index (χ2n) is 6.63. The van der Waals surface area contributed by atoms with E-state index < -0.39 is 51.0 Å². The predicted octanol–water partition coefficient (Wildman–Crippen LogP) is 6.38. The lowest BCUT2D eigenvalue weighted by Gasteiger charge is -2.38. The standard InChI is InChI=1S/C19H16Cl2F6N2O3S/c1-4-10-8(2)33-15(13(10)16(31)32-3)29-17(18(22,23)24,19(25,26)27)28-14(30)11-6-5-9(20)7-12(11)21/h5-7,29H,4H2,1-3H3,(H,28,30). The molecule has 0 aliphatic heterocycles. The van der Waals surface area contributed by atoms with E-state index in [1.165, 1.54) is 12.2 Å². The maximum Gasteiger partial charge on any atom is 0.439 e. The van der Waals surface area contributed by atoms with Gasteiger partial charge < -0.3 is 15.4 Å². The van der Waals surface area contributed by atoms with Crippen molar-refractivity contribution in [1.82, 2.24) is 5.32 Å². The molecule has 0 bridgehead atoms. The number of ether oxygens (including phenoxy) is 1. The summed E-state index contributed by atoms with van der Waals surface area (Å²) in [6.07, 6.45) is -12.1. The smallest absolute Gasteiger partial charge is 0.439 e. The Labute approximate surface area is 198 Å². The van der Waals surface area contributed by atoms with Crippen LogP contribution < -0.4 is 10.6 Å². The van der Waals surface area contributed by atoms with Gasteiger partial charge in [-0.2, -0.15) is 26.3 Å². The van der Waals surface area contributed by atoms with Gasteiger partial charge in [0.05, 0.1) is 23.3 Å². The van der Waals surface area contributed by atoms with Gasteiger partial charge in [0.15, 0.2) is 0 Å². The lowest BCUT2D eigenvalue weighted by atomic mass is 10.1. The van der Waals surface area contributed by atoms with Crippen LogP contribution in [0.4, 0.5) is 31.3 Å². The zero-order chi connectivity index (χ0) is 25.4. The number of thiophene rings is 1. The molecule has 0 radical (unpaired) electrons. The molecule has 0 aliphatic rings. The van der Waals surface area contributed by atoms with E-state index >= 15 is 0 Å². The maximum atomic E-state index is 14.0. The van der Waals surface area contributed by atoms with Gasteiger partial charge in [0.1, 0.15) is 5.00 Å².